The first-order valence-electron chi connectivity index (χ1n) is 9.54. The molecule has 10 nitrogen and oxygen atoms in total. The molecule has 0 saturated heterocycles. The predicted molar refractivity (Wildman–Crippen MR) is 112 cm³/mol. The maximum Gasteiger partial charge on any atom is 0.409 e. The lowest BCUT2D eigenvalue weighted by Gasteiger charge is -2.31. The first kappa shape index (κ1) is 25.4. The summed E-state index contributed by atoms with van der Waals surface area (Å²) in [6.45, 7) is -0.0186. The predicted octanol–water partition coefficient (Wildman–Crippen LogP) is 2.43. The van der Waals surface area contributed by atoms with E-state index in [0.29, 0.717) is 17.1 Å². The summed E-state index contributed by atoms with van der Waals surface area (Å²) < 4.78 is 51.1. The number of esters is 1. The van der Waals surface area contributed by atoms with E-state index >= 15 is 0 Å². The van der Waals surface area contributed by atoms with E-state index in [9.17, 15) is 27.2 Å². The molecule has 2 N–H and O–H groups in total. The van der Waals surface area contributed by atoms with Gasteiger partial charge in [0.25, 0.3) is 0 Å². The normalized spacial score (nSPS) is 16.0. The molecule has 0 radical (unpaired) electrons. The smallest absolute Gasteiger partial charge is 0.409 e. The van der Waals surface area contributed by atoms with Crippen LogP contribution >= 0.6 is 11.6 Å². The molecule has 0 aromatic heterocycles. The third-order valence-electron chi connectivity index (χ3n) is 4.43. The van der Waals surface area contributed by atoms with Crippen LogP contribution in [0, 0.1) is 5.82 Å². The summed E-state index contributed by atoms with van der Waals surface area (Å²) in [7, 11) is -4.42. The van der Waals surface area contributed by atoms with Crippen molar-refractivity contribution in [3.05, 3.63) is 40.7 Å². The Morgan fingerprint density at radius 2 is 2.03 bits per heavy atom. The van der Waals surface area contributed by atoms with E-state index in [-0.39, 0.29) is 29.3 Å². The summed E-state index contributed by atoms with van der Waals surface area (Å²) in [5.41, 5.74) is -0.246. The molecule has 1 aromatic carbocycles. The molecule has 0 heterocycles. The van der Waals surface area contributed by atoms with Gasteiger partial charge in [0.1, 0.15) is 17.6 Å². The largest absolute Gasteiger partial charge is 0.480 e. The summed E-state index contributed by atoms with van der Waals surface area (Å²) in [6.07, 6.45) is 1.32. The molecule has 0 saturated carbocycles. The first-order chi connectivity index (χ1) is 15.1. The van der Waals surface area contributed by atoms with Crippen LogP contribution in [-0.2, 0) is 29.1 Å². The lowest BCUT2D eigenvalue weighted by Crippen LogP contribution is -2.44. The van der Waals surface area contributed by atoms with Gasteiger partial charge in [-0.05, 0) is 44.4 Å². The minimum absolute atomic E-state index is 0.0449. The number of alkyl carbamates (subject to hydrolysis) is 1. The van der Waals surface area contributed by atoms with Gasteiger partial charge in [0.15, 0.2) is 6.73 Å². The van der Waals surface area contributed by atoms with E-state index in [1.807, 2.05) is 5.32 Å². The number of hydrogen-bond acceptors (Lipinski definition) is 7. The second-order valence-corrected chi connectivity index (χ2v) is 9.04. The fraction of sp³-hybridized carbons (Fsp3) is 0.421. The molecule has 1 amide bonds. The number of hydrogen-bond donors (Lipinski definition) is 2. The zero-order chi connectivity index (χ0) is 23.9. The van der Waals surface area contributed by atoms with E-state index in [1.54, 1.807) is 6.92 Å². The summed E-state index contributed by atoms with van der Waals surface area (Å²) in [5.74, 6) is -2.84. The molecule has 176 valence electrons. The quantitative estimate of drug-likeness (QED) is 0.395. The van der Waals surface area contributed by atoms with Gasteiger partial charge in [-0.15, -0.1) is 0 Å². The number of carbonyl (C=O) groups is 3. The van der Waals surface area contributed by atoms with Gasteiger partial charge in [-0.1, -0.05) is 17.7 Å². The van der Waals surface area contributed by atoms with Crippen molar-refractivity contribution in [3.63, 3.8) is 0 Å². The Morgan fingerprint density at radius 3 is 2.66 bits per heavy atom. The van der Waals surface area contributed by atoms with Crippen LogP contribution in [0.4, 0.5) is 14.9 Å². The van der Waals surface area contributed by atoms with Gasteiger partial charge in [-0.2, -0.15) is 0 Å². The number of nitrogens with one attached hydrogen (secondary N) is 1. The van der Waals surface area contributed by atoms with Crippen LogP contribution in [0.3, 0.4) is 0 Å². The van der Waals surface area contributed by atoms with Crippen molar-refractivity contribution in [2.75, 3.05) is 24.2 Å². The van der Waals surface area contributed by atoms with Crippen molar-refractivity contribution in [1.29, 1.82) is 0 Å². The fourth-order valence-corrected chi connectivity index (χ4v) is 5.26. The molecule has 0 fully saturated rings. The number of rotatable bonds is 9. The van der Waals surface area contributed by atoms with Crippen LogP contribution in [0.15, 0.2) is 29.8 Å². The standard InChI is InChI=1S/C19H22ClFN2O8S/c1-2-30-18(26)13-5-3-4-6-16(13)32(28,29)23(11-31-19(27)22-10-17(24)25)15-8-7-12(21)9-14(15)20/h5,7-9,16H,2-4,6,10-11H2,1H3,(H,22,27)(H,24,25). The molecule has 1 aliphatic rings. The van der Waals surface area contributed by atoms with E-state index in [0.717, 1.165) is 18.2 Å². The second-order valence-electron chi connectivity index (χ2n) is 6.60. The number of allylic oxidation sites excluding steroid dienone is 1. The van der Waals surface area contributed by atoms with Crippen molar-refractivity contribution in [3.8, 4) is 0 Å². The van der Waals surface area contributed by atoms with Crippen LogP contribution < -0.4 is 9.62 Å². The zero-order valence-electron chi connectivity index (χ0n) is 17.0. The average Bonchev–Trinajstić information content (AvgIpc) is 2.73. The highest BCUT2D eigenvalue weighted by Crippen LogP contribution is 2.34. The number of ether oxygens (including phenoxy) is 2. The second kappa shape index (κ2) is 11.1. The number of halogens is 2. The van der Waals surface area contributed by atoms with Crippen LogP contribution in [0.25, 0.3) is 0 Å². The van der Waals surface area contributed by atoms with Gasteiger partial charge >= 0.3 is 18.0 Å². The molecule has 1 unspecified atom stereocenters. The lowest BCUT2D eigenvalue weighted by molar-refractivity contribution is -0.139. The van der Waals surface area contributed by atoms with Crippen molar-refractivity contribution in [2.45, 2.75) is 31.4 Å². The molecule has 1 atom stereocenters. The Labute approximate surface area is 189 Å². The van der Waals surface area contributed by atoms with Crippen molar-refractivity contribution in [1.82, 2.24) is 5.32 Å². The number of carboxylic acids is 1. The van der Waals surface area contributed by atoms with Crippen LogP contribution in [-0.4, -0.2) is 56.7 Å². The SMILES string of the molecule is CCOC(=O)C1=CCCCC1S(=O)(=O)N(COC(=O)NCC(=O)O)c1ccc(F)cc1Cl. The molecule has 0 bridgehead atoms. The van der Waals surface area contributed by atoms with Crippen LogP contribution in [0.1, 0.15) is 26.2 Å². The number of anilines is 1. The first-order valence-corrected chi connectivity index (χ1v) is 11.4. The Kier molecular flexibility index (Phi) is 8.84. The minimum Gasteiger partial charge on any atom is -0.480 e. The summed E-state index contributed by atoms with van der Waals surface area (Å²) in [5, 5.41) is 8.96. The van der Waals surface area contributed by atoms with Gasteiger partial charge in [0.2, 0.25) is 10.0 Å². The van der Waals surface area contributed by atoms with Crippen LogP contribution in [0.2, 0.25) is 5.02 Å². The minimum atomic E-state index is -4.42. The maximum absolute atomic E-state index is 13.5. The monoisotopic (exact) mass is 492 g/mol. The molecule has 1 aromatic rings. The zero-order valence-corrected chi connectivity index (χ0v) is 18.6. The van der Waals surface area contributed by atoms with Crippen LogP contribution in [0.5, 0.6) is 0 Å². The number of carbonyl (C=O) groups excluding carboxylic acids is 2. The van der Waals surface area contributed by atoms with E-state index in [4.69, 9.17) is 26.2 Å². The molecule has 1 aliphatic carbocycles. The highest BCUT2D eigenvalue weighted by Gasteiger charge is 2.40. The molecule has 0 aliphatic heterocycles. The Balaban J connectivity index is 2.41. The van der Waals surface area contributed by atoms with Crippen molar-refractivity contribution < 1.29 is 41.8 Å². The van der Waals surface area contributed by atoms with E-state index < -0.39 is 52.4 Å². The third kappa shape index (κ3) is 6.33. The number of nitrogens with zero attached hydrogens (tertiary/aromatic N) is 1. The van der Waals surface area contributed by atoms with E-state index in [2.05, 4.69) is 0 Å². The third-order valence-corrected chi connectivity index (χ3v) is 6.86. The number of amides is 1. The topological polar surface area (TPSA) is 139 Å². The van der Waals surface area contributed by atoms with Gasteiger partial charge in [0.05, 0.1) is 22.9 Å². The molecular formula is C19H22ClFN2O8S. The molecule has 0 spiro atoms. The number of carboxylic acid groups (broad SMARTS) is 1. The lowest BCUT2D eigenvalue weighted by atomic mass is 9.99. The Hall–Kier alpha value is -2.86. The van der Waals surface area contributed by atoms with Crippen molar-refractivity contribution >= 4 is 45.3 Å². The molecular weight excluding hydrogens is 471 g/mol. The highest BCUT2D eigenvalue weighted by molar-refractivity contribution is 7.93. The van der Waals surface area contributed by atoms with Crippen molar-refractivity contribution in [2.24, 2.45) is 0 Å². The molecule has 13 heteroatoms. The van der Waals surface area contributed by atoms with E-state index in [1.165, 1.54) is 6.08 Å². The average molecular weight is 493 g/mol. The molecule has 2 rings (SSSR count). The fourth-order valence-electron chi connectivity index (χ4n) is 3.02. The number of sulfonamides is 1. The Morgan fingerprint density at radius 1 is 1.31 bits per heavy atom. The Bertz CT molecular complexity index is 1010. The summed E-state index contributed by atoms with van der Waals surface area (Å²) in [4.78, 5) is 34.7. The van der Waals surface area contributed by atoms with Gasteiger partial charge < -0.3 is 19.9 Å². The van der Waals surface area contributed by atoms with Gasteiger partial charge in [0, 0.05) is 0 Å². The summed E-state index contributed by atoms with van der Waals surface area (Å²) in [6, 6.07) is 2.94. The molecule has 32 heavy (non-hydrogen) atoms. The van der Waals surface area contributed by atoms with Gasteiger partial charge in [-0.3, -0.25) is 4.79 Å². The summed E-state index contributed by atoms with van der Waals surface area (Å²) >= 11 is 6.05. The number of benzene rings is 1. The maximum atomic E-state index is 13.5. The highest BCUT2D eigenvalue weighted by atomic mass is 35.5. The van der Waals surface area contributed by atoms with Gasteiger partial charge in [-0.25, -0.2) is 26.7 Å². The number of aliphatic carboxylic acids is 1.